The maximum absolute atomic E-state index is 13.1. The molecule has 0 bridgehead atoms. The van der Waals surface area contributed by atoms with E-state index in [9.17, 15) is 4.57 Å². The number of rotatable bonds is 11. The van der Waals surface area contributed by atoms with Crippen molar-refractivity contribution in [3.63, 3.8) is 0 Å². The minimum atomic E-state index is -3.03. The first-order valence-corrected chi connectivity index (χ1v) is 14.1. The van der Waals surface area contributed by atoms with Crippen LogP contribution in [0.25, 0.3) is 0 Å². The largest absolute Gasteiger partial charge is 0.413 e. The third-order valence-corrected chi connectivity index (χ3v) is 12.4. The molecule has 0 amide bonds. The Morgan fingerprint density at radius 1 is 1.15 bits per heavy atom. The van der Waals surface area contributed by atoms with Gasteiger partial charge in [0.2, 0.25) is 0 Å². The molecular formula is C20H43N2O3PSi. The van der Waals surface area contributed by atoms with Gasteiger partial charge in [-0.1, -0.05) is 44.6 Å². The first-order valence-electron chi connectivity index (χ1n) is 9.63. The molecule has 27 heavy (non-hydrogen) atoms. The van der Waals surface area contributed by atoms with Crippen LogP contribution in [-0.4, -0.2) is 58.6 Å². The summed E-state index contributed by atoms with van der Waals surface area (Å²) in [7, 11) is 2.36. The zero-order chi connectivity index (χ0) is 21.6. The van der Waals surface area contributed by atoms with Gasteiger partial charge in [0.15, 0.2) is 8.32 Å². The van der Waals surface area contributed by atoms with E-state index in [-0.39, 0.29) is 11.1 Å². The fraction of sp³-hybridized carbons (Fsp3) is 0.800. The van der Waals surface area contributed by atoms with Gasteiger partial charge in [-0.25, -0.2) is 9.34 Å². The van der Waals surface area contributed by atoms with Crippen LogP contribution in [0.15, 0.2) is 23.8 Å². The molecule has 0 N–H and O–H groups in total. The maximum Gasteiger partial charge on any atom is 0.345 e. The van der Waals surface area contributed by atoms with E-state index >= 15 is 0 Å². The van der Waals surface area contributed by atoms with Crippen molar-refractivity contribution in [3.8, 4) is 0 Å². The van der Waals surface area contributed by atoms with Gasteiger partial charge in [0, 0.05) is 0 Å². The van der Waals surface area contributed by atoms with E-state index in [2.05, 4.69) is 53.4 Å². The SMILES string of the molecule is C=C(C)C(CC/C(C)=C/CO[Si](C)(C)C(C)(C)C)OP(=O)(N(C)C)N(C)C. The van der Waals surface area contributed by atoms with Gasteiger partial charge in [0.25, 0.3) is 0 Å². The molecule has 0 saturated carbocycles. The average Bonchev–Trinajstić information content (AvgIpc) is 2.48. The average molecular weight is 419 g/mol. The zero-order valence-electron chi connectivity index (χ0n) is 19.5. The molecule has 0 aromatic carbocycles. The summed E-state index contributed by atoms with van der Waals surface area (Å²) in [4.78, 5) is 0. The fourth-order valence-corrected chi connectivity index (χ4v) is 4.81. The molecule has 0 aliphatic carbocycles. The number of nitrogens with zero attached hydrogens (tertiary/aromatic N) is 2. The monoisotopic (exact) mass is 418 g/mol. The molecule has 0 saturated heterocycles. The van der Waals surface area contributed by atoms with E-state index in [1.54, 1.807) is 37.5 Å². The summed E-state index contributed by atoms with van der Waals surface area (Å²) >= 11 is 0. The lowest BCUT2D eigenvalue weighted by molar-refractivity contribution is 0.184. The minimum Gasteiger partial charge on any atom is -0.413 e. The summed E-state index contributed by atoms with van der Waals surface area (Å²) in [6.45, 7) is 20.0. The van der Waals surface area contributed by atoms with Crippen LogP contribution in [0.4, 0.5) is 0 Å². The molecule has 0 heterocycles. The van der Waals surface area contributed by atoms with Crippen molar-refractivity contribution in [3.05, 3.63) is 23.8 Å². The highest BCUT2D eigenvalue weighted by atomic mass is 31.2. The first-order chi connectivity index (χ1) is 12.0. The van der Waals surface area contributed by atoms with Crippen LogP contribution < -0.4 is 0 Å². The Balaban J connectivity index is 4.88. The van der Waals surface area contributed by atoms with Crippen molar-refractivity contribution in [1.82, 2.24) is 9.34 Å². The molecule has 0 rings (SSSR count). The van der Waals surface area contributed by atoms with Crippen molar-refractivity contribution in [2.45, 2.75) is 71.7 Å². The molecule has 0 aliphatic heterocycles. The minimum absolute atomic E-state index is 0.215. The van der Waals surface area contributed by atoms with Gasteiger partial charge in [-0.05, 0) is 73.0 Å². The normalized spacial score (nSPS) is 15.5. The third kappa shape index (κ3) is 8.34. The molecule has 0 radical (unpaired) electrons. The van der Waals surface area contributed by atoms with Crippen molar-refractivity contribution >= 4 is 16.0 Å². The second-order valence-corrected chi connectivity index (χ2v) is 16.9. The number of hydrogen-bond donors (Lipinski definition) is 0. The smallest absolute Gasteiger partial charge is 0.345 e. The highest BCUT2D eigenvalue weighted by Gasteiger charge is 2.36. The van der Waals surface area contributed by atoms with E-state index in [0.717, 1.165) is 18.4 Å². The quantitative estimate of drug-likeness (QED) is 0.236. The van der Waals surface area contributed by atoms with Gasteiger partial charge in [-0.15, -0.1) is 0 Å². The van der Waals surface area contributed by atoms with E-state index < -0.39 is 16.0 Å². The Morgan fingerprint density at radius 3 is 2.00 bits per heavy atom. The van der Waals surface area contributed by atoms with Crippen molar-refractivity contribution in [2.75, 3.05) is 34.8 Å². The molecule has 0 aromatic rings. The van der Waals surface area contributed by atoms with E-state index in [1.807, 2.05) is 6.92 Å². The summed E-state index contributed by atoms with van der Waals surface area (Å²) in [6.07, 6.45) is 3.53. The Bertz CT molecular complexity index is 554. The van der Waals surface area contributed by atoms with Crippen molar-refractivity contribution in [2.24, 2.45) is 0 Å². The van der Waals surface area contributed by atoms with Crippen LogP contribution in [0.1, 0.15) is 47.5 Å². The van der Waals surface area contributed by atoms with E-state index in [1.165, 1.54) is 5.57 Å². The second-order valence-electron chi connectivity index (χ2n) is 9.29. The summed E-state index contributed by atoms with van der Waals surface area (Å²) in [5.41, 5.74) is 2.15. The molecule has 0 fully saturated rings. The van der Waals surface area contributed by atoms with Crippen LogP contribution >= 0.6 is 7.67 Å². The van der Waals surface area contributed by atoms with Crippen LogP contribution in [0.2, 0.25) is 18.1 Å². The van der Waals surface area contributed by atoms with Crippen molar-refractivity contribution in [1.29, 1.82) is 0 Å². The maximum atomic E-state index is 13.1. The lowest BCUT2D eigenvalue weighted by Gasteiger charge is -2.35. The summed E-state index contributed by atoms with van der Waals surface area (Å²) < 4.78 is 28.7. The molecule has 0 aliphatic rings. The highest BCUT2D eigenvalue weighted by molar-refractivity contribution is 7.53. The lowest BCUT2D eigenvalue weighted by atomic mass is 10.0. The van der Waals surface area contributed by atoms with Gasteiger partial charge in [0.1, 0.15) is 0 Å². The molecule has 5 nitrogen and oxygen atoms in total. The molecule has 0 aromatic heterocycles. The summed E-state index contributed by atoms with van der Waals surface area (Å²) in [5, 5.41) is 0.215. The molecule has 160 valence electrons. The lowest BCUT2D eigenvalue weighted by Crippen LogP contribution is -2.40. The fourth-order valence-electron chi connectivity index (χ4n) is 2.17. The zero-order valence-corrected chi connectivity index (χ0v) is 21.4. The third-order valence-electron chi connectivity index (χ3n) is 5.31. The Morgan fingerprint density at radius 2 is 1.63 bits per heavy atom. The van der Waals surface area contributed by atoms with E-state index in [4.69, 9.17) is 8.95 Å². The molecular weight excluding hydrogens is 375 g/mol. The van der Waals surface area contributed by atoms with Crippen LogP contribution in [-0.2, 0) is 13.5 Å². The van der Waals surface area contributed by atoms with Gasteiger partial charge < -0.3 is 4.43 Å². The summed E-state index contributed by atoms with van der Waals surface area (Å²) in [6, 6.07) is 0. The van der Waals surface area contributed by atoms with Crippen molar-refractivity contribution < 1.29 is 13.5 Å². The highest BCUT2D eigenvalue weighted by Crippen LogP contribution is 2.52. The van der Waals surface area contributed by atoms with Crippen LogP contribution in [0.3, 0.4) is 0 Å². The Labute approximate surface area is 169 Å². The van der Waals surface area contributed by atoms with Gasteiger partial charge in [0.05, 0.1) is 12.7 Å². The Hall–Kier alpha value is -0.233. The first kappa shape index (κ1) is 26.8. The predicted octanol–water partition coefficient (Wildman–Crippen LogP) is 5.93. The number of hydrogen-bond acceptors (Lipinski definition) is 3. The van der Waals surface area contributed by atoms with Gasteiger partial charge in [-0.3, -0.25) is 9.09 Å². The van der Waals surface area contributed by atoms with E-state index in [0.29, 0.717) is 6.61 Å². The standard InChI is InChI=1S/C20H43N2O3PSi/c1-17(2)19(25-26(23,21(7)8)22(9)10)14-13-18(3)15-16-24-27(11,12)20(4,5)6/h15,19H,1,13-14,16H2,2-12H3/b18-15+. The predicted molar refractivity (Wildman–Crippen MR) is 121 cm³/mol. The molecule has 7 heteroatoms. The molecule has 0 spiro atoms. The van der Waals surface area contributed by atoms with Gasteiger partial charge >= 0.3 is 7.67 Å². The second kappa shape index (κ2) is 10.5. The topological polar surface area (TPSA) is 42.0 Å². The molecule has 1 unspecified atom stereocenters. The molecule has 1 atom stereocenters. The van der Waals surface area contributed by atoms with Crippen LogP contribution in [0, 0.1) is 0 Å². The number of allylic oxidation sites excluding steroid dienone is 1. The van der Waals surface area contributed by atoms with Crippen LogP contribution in [0.5, 0.6) is 0 Å². The summed E-state index contributed by atoms with van der Waals surface area (Å²) in [5.74, 6) is 0. The Kier molecular flexibility index (Phi) is 10.4. The van der Waals surface area contributed by atoms with Gasteiger partial charge in [-0.2, -0.15) is 0 Å².